The molecule has 0 aliphatic heterocycles. The minimum atomic E-state index is -2.99. The summed E-state index contributed by atoms with van der Waals surface area (Å²) in [4.78, 5) is 14.4. The largest absolute Gasteiger partial charge is 0.497 e. The molecular weight excluding hydrogens is 342 g/mol. The molecule has 26 heavy (non-hydrogen) atoms. The lowest BCUT2D eigenvalue weighted by Gasteiger charge is -2.25. The first-order valence-corrected chi connectivity index (χ1v) is 8.04. The van der Waals surface area contributed by atoms with Crippen LogP contribution in [0, 0.1) is 0 Å². The Morgan fingerprint density at radius 3 is 2.35 bits per heavy atom. The smallest absolute Gasteiger partial charge is 0.387 e. The highest BCUT2D eigenvalue weighted by Gasteiger charge is 2.19. The second-order valence-electron chi connectivity index (χ2n) is 5.84. The van der Waals surface area contributed by atoms with Crippen molar-refractivity contribution in [2.24, 2.45) is 0 Å². The molecule has 0 heterocycles. The van der Waals surface area contributed by atoms with Crippen LogP contribution in [-0.4, -0.2) is 45.2 Å². The van der Waals surface area contributed by atoms with Crippen molar-refractivity contribution in [3.05, 3.63) is 59.7 Å². The monoisotopic (exact) mass is 364 g/mol. The predicted molar refractivity (Wildman–Crippen MR) is 94.8 cm³/mol. The number of halogens is 2. The van der Waals surface area contributed by atoms with E-state index in [-0.39, 0.29) is 17.4 Å². The van der Waals surface area contributed by atoms with E-state index >= 15 is 0 Å². The van der Waals surface area contributed by atoms with Crippen molar-refractivity contribution >= 4 is 5.91 Å². The summed E-state index contributed by atoms with van der Waals surface area (Å²) in [5.74, 6) is 0.126. The number of nitrogens with one attached hydrogen (secondary N) is 1. The second-order valence-corrected chi connectivity index (χ2v) is 5.84. The molecule has 0 aliphatic rings. The van der Waals surface area contributed by atoms with Gasteiger partial charge in [-0.1, -0.05) is 24.3 Å². The Kier molecular flexibility index (Phi) is 6.91. The minimum absolute atomic E-state index is 0.0695. The number of hydrogen-bond acceptors (Lipinski definition) is 4. The molecule has 2 aromatic carbocycles. The van der Waals surface area contributed by atoms with Crippen LogP contribution >= 0.6 is 0 Å². The highest BCUT2D eigenvalue weighted by atomic mass is 19.3. The number of carbonyl (C=O) groups is 1. The van der Waals surface area contributed by atoms with Crippen LogP contribution in [0.1, 0.15) is 22.0 Å². The van der Waals surface area contributed by atoms with Crippen LogP contribution in [0.5, 0.6) is 11.5 Å². The lowest BCUT2D eigenvalue weighted by Crippen LogP contribution is -2.34. The van der Waals surface area contributed by atoms with E-state index in [2.05, 4.69) is 10.1 Å². The Morgan fingerprint density at radius 1 is 1.12 bits per heavy atom. The van der Waals surface area contributed by atoms with Gasteiger partial charge in [0.1, 0.15) is 11.5 Å². The highest BCUT2D eigenvalue weighted by Crippen LogP contribution is 2.22. The van der Waals surface area contributed by atoms with E-state index in [0.717, 1.165) is 11.3 Å². The minimum Gasteiger partial charge on any atom is -0.497 e. The third-order valence-electron chi connectivity index (χ3n) is 3.93. The van der Waals surface area contributed by atoms with Crippen molar-refractivity contribution in [2.45, 2.75) is 12.7 Å². The molecule has 0 bridgehead atoms. The molecule has 1 amide bonds. The van der Waals surface area contributed by atoms with Gasteiger partial charge < -0.3 is 19.7 Å². The van der Waals surface area contributed by atoms with Crippen molar-refractivity contribution in [3.8, 4) is 11.5 Å². The Balaban J connectivity index is 2.10. The van der Waals surface area contributed by atoms with E-state index in [1.165, 1.54) is 18.2 Å². The summed E-state index contributed by atoms with van der Waals surface area (Å²) in [5.41, 5.74) is 1.06. The fourth-order valence-corrected chi connectivity index (χ4v) is 2.56. The summed E-state index contributed by atoms with van der Waals surface area (Å²) >= 11 is 0. The number of alkyl halides is 2. The van der Waals surface area contributed by atoms with Gasteiger partial charge in [-0.25, -0.2) is 0 Å². The van der Waals surface area contributed by atoms with Crippen LogP contribution in [0.25, 0.3) is 0 Å². The van der Waals surface area contributed by atoms with Crippen molar-refractivity contribution in [1.82, 2.24) is 10.2 Å². The number of rotatable bonds is 8. The number of nitrogens with zero attached hydrogens (tertiary/aromatic N) is 1. The normalized spacial score (nSPS) is 12.1. The maximum Gasteiger partial charge on any atom is 0.387 e. The van der Waals surface area contributed by atoms with Crippen molar-refractivity contribution in [3.63, 3.8) is 0 Å². The van der Waals surface area contributed by atoms with Crippen molar-refractivity contribution in [1.29, 1.82) is 0 Å². The zero-order valence-electron chi connectivity index (χ0n) is 14.9. The summed E-state index contributed by atoms with van der Waals surface area (Å²) < 4.78 is 34.6. The van der Waals surface area contributed by atoms with Crippen LogP contribution in [0.3, 0.4) is 0 Å². The number of amides is 1. The fourth-order valence-electron chi connectivity index (χ4n) is 2.56. The van der Waals surface area contributed by atoms with Crippen LogP contribution in [0.4, 0.5) is 8.78 Å². The number of carbonyl (C=O) groups excluding carboxylic acids is 1. The van der Waals surface area contributed by atoms with Gasteiger partial charge in [-0.05, 0) is 43.9 Å². The van der Waals surface area contributed by atoms with Gasteiger partial charge in [0.05, 0.1) is 18.7 Å². The fraction of sp³-hybridized carbons (Fsp3) is 0.316. The number of hydrogen-bond donors (Lipinski definition) is 1. The highest BCUT2D eigenvalue weighted by molar-refractivity contribution is 5.96. The van der Waals surface area contributed by atoms with Gasteiger partial charge in [0.15, 0.2) is 0 Å². The van der Waals surface area contributed by atoms with E-state index in [0.29, 0.717) is 6.54 Å². The maximum atomic E-state index is 12.5. The van der Waals surface area contributed by atoms with Crippen LogP contribution < -0.4 is 14.8 Å². The number of para-hydroxylation sites is 1. The number of benzene rings is 2. The number of methoxy groups -OCH3 is 1. The van der Waals surface area contributed by atoms with Crippen molar-refractivity contribution < 1.29 is 23.0 Å². The summed E-state index contributed by atoms with van der Waals surface area (Å²) in [7, 11) is 5.39. The average molecular weight is 364 g/mol. The molecule has 0 saturated heterocycles. The third kappa shape index (κ3) is 5.16. The molecule has 0 aliphatic carbocycles. The number of likely N-dealkylation sites (N-methyl/N-ethyl adjacent to an activating group) is 1. The Labute approximate surface area is 151 Å². The molecule has 1 unspecified atom stereocenters. The quantitative estimate of drug-likeness (QED) is 0.781. The topological polar surface area (TPSA) is 50.8 Å². The van der Waals surface area contributed by atoms with E-state index < -0.39 is 12.5 Å². The summed E-state index contributed by atoms with van der Waals surface area (Å²) in [6, 6.07) is 13.4. The molecule has 1 atom stereocenters. The van der Waals surface area contributed by atoms with Gasteiger partial charge in [0, 0.05) is 6.54 Å². The summed E-state index contributed by atoms with van der Waals surface area (Å²) in [6.45, 7) is -2.68. The average Bonchev–Trinajstić information content (AvgIpc) is 2.62. The molecule has 5 nitrogen and oxygen atoms in total. The first kappa shape index (κ1) is 19.7. The lowest BCUT2D eigenvalue weighted by molar-refractivity contribution is -0.0501. The van der Waals surface area contributed by atoms with Crippen LogP contribution in [0.15, 0.2) is 48.5 Å². The molecule has 0 saturated carbocycles. The molecule has 0 spiro atoms. The van der Waals surface area contributed by atoms with Gasteiger partial charge in [-0.15, -0.1) is 0 Å². The zero-order chi connectivity index (χ0) is 19.1. The summed E-state index contributed by atoms with van der Waals surface area (Å²) in [5, 5.41) is 2.78. The standard InChI is InChI=1S/C19H22F2N2O3/c1-23(2)16(13-8-10-14(25-3)11-9-13)12-22-18(24)15-6-4-5-7-17(15)26-19(20)21/h4-11,16,19H,12H2,1-3H3,(H,22,24). The van der Waals surface area contributed by atoms with Crippen LogP contribution in [0.2, 0.25) is 0 Å². The lowest BCUT2D eigenvalue weighted by atomic mass is 10.1. The molecule has 7 heteroatoms. The van der Waals surface area contributed by atoms with Gasteiger partial charge in [-0.2, -0.15) is 8.78 Å². The van der Waals surface area contributed by atoms with E-state index in [9.17, 15) is 13.6 Å². The Hall–Kier alpha value is -2.67. The second kappa shape index (κ2) is 9.15. The molecule has 2 aromatic rings. The summed E-state index contributed by atoms with van der Waals surface area (Å²) in [6.07, 6.45) is 0. The molecular formula is C19H22F2N2O3. The molecule has 0 fully saturated rings. The molecule has 2 rings (SSSR count). The predicted octanol–water partition coefficient (Wildman–Crippen LogP) is 3.33. The van der Waals surface area contributed by atoms with E-state index in [1.807, 2.05) is 43.3 Å². The van der Waals surface area contributed by atoms with Gasteiger partial charge in [0.25, 0.3) is 5.91 Å². The zero-order valence-corrected chi connectivity index (χ0v) is 14.9. The molecule has 0 radical (unpaired) electrons. The van der Waals surface area contributed by atoms with Crippen LogP contribution in [-0.2, 0) is 0 Å². The van der Waals surface area contributed by atoms with Gasteiger partial charge in [0.2, 0.25) is 0 Å². The van der Waals surface area contributed by atoms with Gasteiger partial charge in [-0.3, -0.25) is 4.79 Å². The molecule has 1 N–H and O–H groups in total. The van der Waals surface area contributed by atoms with E-state index in [1.54, 1.807) is 13.2 Å². The number of ether oxygens (including phenoxy) is 2. The third-order valence-corrected chi connectivity index (χ3v) is 3.93. The molecule has 0 aromatic heterocycles. The maximum absolute atomic E-state index is 12.5. The Morgan fingerprint density at radius 2 is 1.77 bits per heavy atom. The first-order valence-electron chi connectivity index (χ1n) is 8.04. The molecule has 140 valence electrons. The van der Waals surface area contributed by atoms with Crippen molar-refractivity contribution in [2.75, 3.05) is 27.7 Å². The Bertz CT molecular complexity index is 721. The first-order chi connectivity index (χ1) is 12.4. The SMILES string of the molecule is COc1ccc(C(CNC(=O)c2ccccc2OC(F)F)N(C)C)cc1. The van der Waals surface area contributed by atoms with Gasteiger partial charge >= 0.3 is 6.61 Å². The van der Waals surface area contributed by atoms with E-state index in [4.69, 9.17) is 4.74 Å².